The minimum absolute atomic E-state index is 0.725. The average Bonchev–Trinajstić information content (AvgIpc) is 3.38. The highest BCUT2D eigenvalue weighted by atomic mass is 16.5. The Morgan fingerprint density at radius 1 is 0.578 bits per heavy atom. The fraction of sp³-hybridized carbons (Fsp3) is 0.476. The van der Waals surface area contributed by atoms with E-state index < -0.39 is 0 Å². The van der Waals surface area contributed by atoms with Gasteiger partial charge in [-0.2, -0.15) is 0 Å². The third-order valence-corrected chi connectivity index (χ3v) is 8.97. The molecule has 3 nitrogen and oxygen atoms in total. The van der Waals surface area contributed by atoms with Crippen LogP contribution in [0, 0.1) is 0 Å². The van der Waals surface area contributed by atoms with E-state index in [0.717, 1.165) is 73.6 Å². The van der Waals surface area contributed by atoms with Gasteiger partial charge >= 0.3 is 0 Å². The van der Waals surface area contributed by atoms with Crippen LogP contribution in [0.4, 0.5) is 0 Å². The Labute approximate surface area is 273 Å². The average molecular weight is 608 g/mol. The fourth-order valence-electron chi connectivity index (χ4n) is 6.35. The van der Waals surface area contributed by atoms with E-state index in [2.05, 4.69) is 87.0 Å². The second-order valence-corrected chi connectivity index (χ2v) is 12.5. The van der Waals surface area contributed by atoms with Gasteiger partial charge in [-0.25, -0.2) is 0 Å². The lowest BCUT2D eigenvalue weighted by atomic mass is 9.97. The molecule has 0 fully saturated rings. The predicted molar refractivity (Wildman–Crippen MR) is 198 cm³/mol. The quantitative estimate of drug-likeness (QED) is 0.0830. The van der Waals surface area contributed by atoms with Gasteiger partial charge in [-0.05, 0) is 72.9 Å². The summed E-state index contributed by atoms with van der Waals surface area (Å²) in [4.78, 5) is 0. The molecule has 0 aliphatic rings. The summed E-state index contributed by atoms with van der Waals surface area (Å²) in [6.45, 7) is 17.4. The maximum atomic E-state index is 6.58. The summed E-state index contributed by atoms with van der Waals surface area (Å²) in [5.41, 5.74) is 7.03. The SMILES string of the molecule is C=Cc1ccc2c(c1)c1cc(C=C)cc(-c3cc(OCCCCCCCC)ccc3OCCCCCCCC)c1n2CCCC. The molecule has 3 heteroatoms. The maximum Gasteiger partial charge on any atom is 0.127 e. The van der Waals surface area contributed by atoms with E-state index in [1.807, 2.05) is 12.2 Å². The summed E-state index contributed by atoms with van der Waals surface area (Å²) >= 11 is 0. The van der Waals surface area contributed by atoms with Crippen molar-refractivity contribution in [3.8, 4) is 22.6 Å². The van der Waals surface area contributed by atoms with E-state index in [-0.39, 0.29) is 0 Å². The van der Waals surface area contributed by atoms with Crippen LogP contribution >= 0.6 is 0 Å². The first kappa shape index (κ1) is 34.4. The molecule has 242 valence electrons. The molecule has 0 radical (unpaired) electrons. The molecule has 4 aromatic rings. The summed E-state index contributed by atoms with van der Waals surface area (Å²) < 4.78 is 15.5. The van der Waals surface area contributed by atoms with Crippen molar-refractivity contribution in [1.29, 1.82) is 0 Å². The van der Waals surface area contributed by atoms with E-state index in [1.54, 1.807) is 0 Å². The molecule has 3 aromatic carbocycles. The number of aromatic nitrogens is 1. The van der Waals surface area contributed by atoms with Gasteiger partial charge in [0.15, 0.2) is 0 Å². The van der Waals surface area contributed by atoms with Crippen LogP contribution in [-0.4, -0.2) is 17.8 Å². The number of nitrogens with zero attached hydrogens (tertiary/aromatic N) is 1. The number of unbranched alkanes of at least 4 members (excludes halogenated alkanes) is 11. The van der Waals surface area contributed by atoms with Gasteiger partial charge in [0, 0.05) is 34.0 Å². The molecule has 0 aliphatic heterocycles. The van der Waals surface area contributed by atoms with E-state index in [9.17, 15) is 0 Å². The first-order chi connectivity index (χ1) is 22.1. The zero-order chi connectivity index (χ0) is 31.9. The van der Waals surface area contributed by atoms with Crippen LogP contribution in [0.3, 0.4) is 0 Å². The summed E-state index contributed by atoms with van der Waals surface area (Å²) in [5, 5.41) is 2.51. The molecule has 45 heavy (non-hydrogen) atoms. The third-order valence-electron chi connectivity index (χ3n) is 8.97. The molecule has 0 aliphatic carbocycles. The van der Waals surface area contributed by atoms with E-state index >= 15 is 0 Å². The van der Waals surface area contributed by atoms with Gasteiger partial charge < -0.3 is 14.0 Å². The second-order valence-electron chi connectivity index (χ2n) is 12.5. The Bertz CT molecular complexity index is 1510. The summed E-state index contributed by atoms with van der Waals surface area (Å²) in [6, 6.07) is 17.7. The van der Waals surface area contributed by atoms with Gasteiger partial charge in [0.1, 0.15) is 11.5 Å². The Hall–Kier alpha value is -3.46. The maximum absolute atomic E-state index is 6.58. The van der Waals surface area contributed by atoms with Crippen molar-refractivity contribution < 1.29 is 9.47 Å². The highest BCUT2D eigenvalue weighted by molar-refractivity contribution is 6.14. The molecule has 1 heterocycles. The van der Waals surface area contributed by atoms with Crippen molar-refractivity contribution in [2.45, 2.75) is 117 Å². The number of hydrogen-bond acceptors (Lipinski definition) is 2. The van der Waals surface area contributed by atoms with Gasteiger partial charge in [0.25, 0.3) is 0 Å². The van der Waals surface area contributed by atoms with Crippen LogP contribution in [0.1, 0.15) is 122 Å². The van der Waals surface area contributed by atoms with Crippen molar-refractivity contribution >= 4 is 34.0 Å². The van der Waals surface area contributed by atoms with Gasteiger partial charge in [0.2, 0.25) is 0 Å². The number of hydrogen-bond donors (Lipinski definition) is 0. The highest BCUT2D eigenvalue weighted by Gasteiger charge is 2.19. The van der Waals surface area contributed by atoms with Gasteiger partial charge in [0.05, 0.1) is 18.7 Å². The summed E-state index contributed by atoms with van der Waals surface area (Å²) in [6.07, 6.45) is 21.1. The molecule has 0 saturated heterocycles. The van der Waals surface area contributed by atoms with E-state index in [0.29, 0.717) is 0 Å². The largest absolute Gasteiger partial charge is 0.494 e. The topological polar surface area (TPSA) is 23.4 Å². The lowest BCUT2D eigenvalue weighted by Crippen LogP contribution is -2.03. The van der Waals surface area contributed by atoms with Crippen molar-refractivity contribution in [1.82, 2.24) is 4.57 Å². The molecule has 0 atom stereocenters. The molecule has 4 rings (SSSR count). The smallest absolute Gasteiger partial charge is 0.127 e. The number of benzene rings is 3. The minimum atomic E-state index is 0.725. The first-order valence-corrected chi connectivity index (χ1v) is 17.9. The lowest BCUT2D eigenvalue weighted by molar-refractivity contribution is 0.297. The summed E-state index contributed by atoms with van der Waals surface area (Å²) in [5.74, 6) is 1.84. The zero-order valence-corrected chi connectivity index (χ0v) is 28.5. The molecular formula is C42H57NO2. The van der Waals surface area contributed by atoms with Crippen LogP contribution in [0.15, 0.2) is 61.7 Å². The molecule has 0 saturated carbocycles. The third kappa shape index (κ3) is 9.28. The minimum Gasteiger partial charge on any atom is -0.494 e. The van der Waals surface area contributed by atoms with Crippen molar-refractivity contribution in [3.63, 3.8) is 0 Å². The van der Waals surface area contributed by atoms with Crippen LogP contribution in [0.5, 0.6) is 11.5 Å². The standard InChI is InChI=1S/C42H57NO2/c1-6-11-14-16-18-20-27-44-35-23-25-41(45-28-21-19-17-15-12-7-2)37(32-35)39-31-34(10-5)30-38-36-29-33(9-4)22-24-40(36)43(42(38)39)26-13-8-3/h9-10,22-25,29-32H,4-8,11-21,26-28H2,1-3H3. The Morgan fingerprint density at radius 2 is 1.20 bits per heavy atom. The van der Waals surface area contributed by atoms with Crippen LogP contribution < -0.4 is 9.47 Å². The molecule has 0 bridgehead atoms. The summed E-state index contributed by atoms with van der Waals surface area (Å²) in [7, 11) is 0. The number of aryl methyl sites for hydroxylation is 1. The molecule has 0 amide bonds. The van der Waals surface area contributed by atoms with Gasteiger partial charge in [-0.1, -0.05) is 123 Å². The Kier molecular flexibility index (Phi) is 14.1. The second kappa shape index (κ2) is 18.5. The van der Waals surface area contributed by atoms with Crippen LogP contribution in [-0.2, 0) is 6.54 Å². The first-order valence-electron chi connectivity index (χ1n) is 17.9. The molecule has 0 N–H and O–H groups in total. The fourth-order valence-corrected chi connectivity index (χ4v) is 6.35. The van der Waals surface area contributed by atoms with E-state index in [1.165, 1.54) is 91.6 Å². The number of rotatable bonds is 22. The monoisotopic (exact) mass is 607 g/mol. The molecule has 0 spiro atoms. The lowest BCUT2D eigenvalue weighted by Gasteiger charge is -2.17. The normalized spacial score (nSPS) is 11.4. The molecule has 1 aromatic heterocycles. The van der Waals surface area contributed by atoms with Crippen LogP contribution in [0.2, 0.25) is 0 Å². The Morgan fingerprint density at radius 3 is 1.87 bits per heavy atom. The van der Waals surface area contributed by atoms with Crippen molar-refractivity contribution in [3.05, 3.63) is 72.8 Å². The van der Waals surface area contributed by atoms with Gasteiger partial charge in [-0.3, -0.25) is 0 Å². The van der Waals surface area contributed by atoms with E-state index in [4.69, 9.17) is 9.47 Å². The van der Waals surface area contributed by atoms with Crippen molar-refractivity contribution in [2.75, 3.05) is 13.2 Å². The van der Waals surface area contributed by atoms with Gasteiger partial charge in [-0.15, -0.1) is 0 Å². The molecule has 0 unspecified atom stereocenters. The number of ether oxygens (including phenoxy) is 2. The zero-order valence-electron chi connectivity index (χ0n) is 28.5. The Balaban J connectivity index is 1.75. The van der Waals surface area contributed by atoms with Crippen molar-refractivity contribution in [2.24, 2.45) is 0 Å². The predicted octanol–water partition coefficient (Wildman–Crippen LogP) is 13.0. The number of fused-ring (bicyclic) bond motifs is 3. The molecular weight excluding hydrogens is 550 g/mol. The van der Waals surface area contributed by atoms with Crippen LogP contribution in [0.25, 0.3) is 45.1 Å². The highest BCUT2D eigenvalue weighted by Crippen LogP contribution is 2.42.